The first-order valence-electron chi connectivity index (χ1n) is 8.40. The van der Waals surface area contributed by atoms with E-state index in [1.54, 1.807) is 21.8 Å². The van der Waals surface area contributed by atoms with Crippen LogP contribution in [0.25, 0.3) is 5.69 Å². The Morgan fingerprint density at radius 1 is 1.08 bits per heavy atom. The van der Waals surface area contributed by atoms with Crippen molar-refractivity contribution in [3.05, 3.63) is 61.2 Å². The smallest absolute Gasteiger partial charge is 0.252 e. The molecule has 4 rings (SSSR count). The van der Waals surface area contributed by atoms with Crippen molar-refractivity contribution >= 4 is 24.0 Å². The second kappa shape index (κ2) is 7.72. The summed E-state index contributed by atoms with van der Waals surface area (Å²) in [7, 11) is 0. The lowest BCUT2D eigenvalue weighted by molar-refractivity contribution is -0.126. The first kappa shape index (κ1) is 18.2. The zero-order chi connectivity index (χ0) is 17.1. The summed E-state index contributed by atoms with van der Waals surface area (Å²) in [6.45, 7) is 1.58. The van der Waals surface area contributed by atoms with Crippen LogP contribution in [0.5, 0.6) is 0 Å². The van der Waals surface area contributed by atoms with Gasteiger partial charge in [0.15, 0.2) is 0 Å². The van der Waals surface area contributed by atoms with Crippen molar-refractivity contribution in [2.24, 2.45) is 0 Å². The van der Waals surface area contributed by atoms with Gasteiger partial charge in [-0.15, -0.1) is 12.4 Å². The number of carbonyl (C=O) groups excluding carboxylic acids is 1. The second-order valence-corrected chi connectivity index (χ2v) is 6.19. The van der Waals surface area contributed by atoms with Gasteiger partial charge in [0.25, 0.3) is 5.91 Å². The molecule has 26 heavy (non-hydrogen) atoms. The van der Waals surface area contributed by atoms with Gasteiger partial charge in [-0.2, -0.15) is 10.2 Å². The minimum absolute atomic E-state index is 0. The van der Waals surface area contributed by atoms with E-state index in [1.165, 1.54) is 0 Å². The van der Waals surface area contributed by atoms with Gasteiger partial charge in [0.05, 0.1) is 5.69 Å². The molecule has 2 aromatic heterocycles. The molecule has 1 fully saturated rings. The quantitative estimate of drug-likeness (QED) is 0.736. The number of benzene rings is 1. The Hall–Kier alpha value is -2.64. The van der Waals surface area contributed by atoms with Crippen molar-refractivity contribution in [1.29, 1.82) is 0 Å². The zero-order valence-electron chi connectivity index (χ0n) is 14.2. The van der Waals surface area contributed by atoms with Gasteiger partial charge in [-0.1, -0.05) is 6.07 Å². The molecule has 1 aromatic carbocycles. The molecule has 0 spiro atoms. The van der Waals surface area contributed by atoms with E-state index in [4.69, 9.17) is 0 Å². The van der Waals surface area contributed by atoms with E-state index in [0.29, 0.717) is 12.8 Å². The third-order valence-electron chi connectivity index (χ3n) is 4.67. The summed E-state index contributed by atoms with van der Waals surface area (Å²) in [6.07, 6.45) is 8.60. The van der Waals surface area contributed by atoms with Crippen molar-refractivity contribution in [1.82, 2.24) is 24.9 Å². The van der Waals surface area contributed by atoms with Gasteiger partial charge >= 0.3 is 0 Å². The van der Waals surface area contributed by atoms with Gasteiger partial charge in [0, 0.05) is 30.5 Å². The average molecular weight is 373 g/mol. The van der Waals surface area contributed by atoms with Crippen LogP contribution < -0.4 is 10.6 Å². The molecular formula is C18H21ClN6O. The molecule has 0 unspecified atom stereocenters. The number of anilines is 1. The lowest BCUT2D eigenvalue weighted by Gasteiger charge is -2.36. The van der Waals surface area contributed by atoms with Gasteiger partial charge in [-0.25, -0.2) is 4.68 Å². The molecule has 0 bridgehead atoms. The summed E-state index contributed by atoms with van der Waals surface area (Å²) in [5.41, 5.74) is 1.00. The van der Waals surface area contributed by atoms with E-state index < -0.39 is 5.54 Å². The van der Waals surface area contributed by atoms with Crippen LogP contribution in [-0.4, -0.2) is 38.6 Å². The maximum Gasteiger partial charge on any atom is 0.252 e. The first-order valence-corrected chi connectivity index (χ1v) is 8.40. The standard InChI is InChI=1S/C18H20N6O.ClH/c25-17(18(6-10-19-11-7-18)24-13-3-9-21-24)22-15-4-1-5-16(14-15)23-12-2-8-20-23;/h1-5,8-9,12-14,19H,6-7,10-11H2,(H,22,25);1H. The van der Waals surface area contributed by atoms with Gasteiger partial charge < -0.3 is 10.6 Å². The molecular weight excluding hydrogens is 352 g/mol. The van der Waals surface area contributed by atoms with Crippen LogP contribution >= 0.6 is 12.4 Å². The van der Waals surface area contributed by atoms with Crippen molar-refractivity contribution in [3.8, 4) is 5.69 Å². The third kappa shape index (κ3) is 3.36. The maximum absolute atomic E-state index is 13.2. The molecule has 0 atom stereocenters. The largest absolute Gasteiger partial charge is 0.324 e. The Morgan fingerprint density at radius 2 is 1.85 bits per heavy atom. The Bertz CT molecular complexity index is 840. The number of halogens is 1. The minimum Gasteiger partial charge on any atom is -0.324 e. The molecule has 0 aliphatic carbocycles. The number of nitrogens with zero attached hydrogens (tertiary/aromatic N) is 4. The number of hydrogen-bond donors (Lipinski definition) is 2. The monoisotopic (exact) mass is 372 g/mol. The normalized spacial score (nSPS) is 15.8. The van der Waals surface area contributed by atoms with Crippen LogP contribution in [0.1, 0.15) is 12.8 Å². The van der Waals surface area contributed by atoms with Crippen LogP contribution in [0.15, 0.2) is 61.2 Å². The molecule has 8 heteroatoms. The summed E-state index contributed by atoms with van der Waals surface area (Å²) < 4.78 is 3.56. The third-order valence-corrected chi connectivity index (χ3v) is 4.67. The van der Waals surface area contributed by atoms with E-state index in [-0.39, 0.29) is 18.3 Å². The van der Waals surface area contributed by atoms with Crippen molar-refractivity contribution in [3.63, 3.8) is 0 Å². The van der Waals surface area contributed by atoms with Crippen LogP contribution in [-0.2, 0) is 10.3 Å². The minimum atomic E-state index is -0.656. The average Bonchev–Trinajstić information content (AvgIpc) is 3.36. The first-order chi connectivity index (χ1) is 12.3. The molecule has 7 nitrogen and oxygen atoms in total. The van der Waals surface area contributed by atoms with E-state index in [0.717, 1.165) is 24.5 Å². The SMILES string of the molecule is Cl.O=C(Nc1cccc(-n2cccn2)c1)C1(n2cccn2)CCNCC1. The Balaban J connectivity index is 0.00000196. The Kier molecular flexibility index (Phi) is 5.39. The number of hydrogen-bond acceptors (Lipinski definition) is 4. The van der Waals surface area contributed by atoms with Crippen molar-refractivity contribution < 1.29 is 4.79 Å². The summed E-state index contributed by atoms with van der Waals surface area (Å²) in [4.78, 5) is 13.2. The molecule has 1 aliphatic heterocycles. The van der Waals surface area contributed by atoms with E-state index in [2.05, 4.69) is 20.8 Å². The van der Waals surface area contributed by atoms with Gasteiger partial charge in [0.1, 0.15) is 5.54 Å². The zero-order valence-corrected chi connectivity index (χ0v) is 15.0. The number of carbonyl (C=O) groups is 1. The summed E-state index contributed by atoms with van der Waals surface area (Å²) in [5, 5.41) is 15.0. The highest BCUT2D eigenvalue weighted by Gasteiger charge is 2.42. The highest BCUT2D eigenvalue weighted by atomic mass is 35.5. The number of aromatic nitrogens is 4. The molecule has 3 heterocycles. The lowest BCUT2D eigenvalue weighted by atomic mass is 9.87. The van der Waals surface area contributed by atoms with Gasteiger partial charge in [0.2, 0.25) is 0 Å². The van der Waals surface area contributed by atoms with E-state index in [1.807, 2.05) is 48.8 Å². The molecule has 0 radical (unpaired) electrons. The molecule has 1 amide bonds. The fourth-order valence-electron chi connectivity index (χ4n) is 3.32. The van der Waals surface area contributed by atoms with Crippen LogP contribution in [0.4, 0.5) is 5.69 Å². The molecule has 1 aliphatic rings. The molecule has 1 saturated heterocycles. The molecule has 3 aromatic rings. The molecule has 0 saturated carbocycles. The highest BCUT2D eigenvalue weighted by Crippen LogP contribution is 2.29. The van der Waals surface area contributed by atoms with Gasteiger partial charge in [-0.05, 0) is 56.3 Å². The second-order valence-electron chi connectivity index (χ2n) is 6.19. The predicted molar refractivity (Wildman–Crippen MR) is 102 cm³/mol. The van der Waals surface area contributed by atoms with Crippen LogP contribution in [0.2, 0.25) is 0 Å². The van der Waals surface area contributed by atoms with Gasteiger partial charge in [-0.3, -0.25) is 9.48 Å². The topological polar surface area (TPSA) is 76.8 Å². The lowest BCUT2D eigenvalue weighted by Crippen LogP contribution is -2.52. The molecule has 2 N–H and O–H groups in total. The fourth-order valence-corrected chi connectivity index (χ4v) is 3.32. The Morgan fingerprint density at radius 3 is 2.54 bits per heavy atom. The molecule has 136 valence electrons. The van der Waals surface area contributed by atoms with E-state index >= 15 is 0 Å². The predicted octanol–water partition coefficient (Wildman–Crippen LogP) is 2.21. The Labute approximate surface area is 157 Å². The number of nitrogens with one attached hydrogen (secondary N) is 2. The summed E-state index contributed by atoms with van der Waals surface area (Å²) in [6, 6.07) is 11.4. The fraction of sp³-hybridized carbons (Fsp3) is 0.278. The number of piperidine rings is 1. The highest BCUT2D eigenvalue weighted by molar-refractivity contribution is 5.97. The van der Waals surface area contributed by atoms with Crippen LogP contribution in [0.3, 0.4) is 0 Å². The maximum atomic E-state index is 13.2. The van der Waals surface area contributed by atoms with Crippen molar-refractivity contribution in [2.45, 2.75) is 18.4 Å². The van der Waals surface area contributed by atoms with E-state index in [9.17, 15) is 4.79 Å². The summed E-state index contributed by atoms with van der Waals surface area (Å²) >= 11 is 0. The number of rotatable bonds is 4. The van der Waals surface area contributed by atoms with Crippen LogP contribution in [0, 0.1) is 0 Å². The summed E-state index contributed by atoms with van der Waals surface area (Å²) in [5.74, 6) is -0.0321. The number of amides is 1. The van der Waals surface area contributed by atoms with Crippen molar-refractivity contribution in [2.75, 3.05) is 18.4 Å².